The van der Waals surface area contributed by atoms with E-state index in [1.165, 1.54) is 5.56 Å². The SMILES string of the molecule is C=CCN1C(N)=NCC1c1ccc(OCC)cc1. The lowest BCUT2D eigenvalue weighted by Gasteiger charge is -2.25. The molecule has 1 aromatic rings. The molecule has 0 radical (unpaired) electrons. The van der Waals surface area contributed by atoms with Gasteiger partial charge in [0.15, 0.2) is 5.96 Å². The third kappa shape index (κ3) is 2.47. The molecule has 0 fully saturated rings. The molecule has 1 unspecified atom stereocenters. The van der Waals surface area contributed by atoms with Crippen LogP contribution < -0.4 is 10.5 Å². The van der Waals surface area contributed by atoms with Crippen LogP contribution in [0.2, 0.25) is 0 Å². The Morgan fingerprint density at radius 3 is 2.83 bits per heavy atom. The van der Waals surface area contributed by atoms with Crippen molar-refractivity contribution < 1.29 is 4.74 Å². The lowest BCUT2D eigenvalue weighted by Crippen LogP contribution is -2.36. The number of ether oxygens (including phenoxy) is 1. The van der Waals surface area contributed by atoms with Gasteiger partial charge in [-0.3, -0.25) is 4.99 Å². The molecule has 0 saturated carbocycles. The first-order chi connectivity index (χ1) is 8.76. The average Bonchev–Trinajstić information content (AvgIpc) is 2.73. The van der Waals surface area contributed by atoms with Crippen LogP contribution in [0.15, 0.2) is 41.9 Å². The molecular weight excluding hydrogens is 226 g/mol. The maximum Gasteiger partial charge on any atom is 0.192 e. The fraction of sp³-hybridized carbons (Fsp3) is 0.357. The molecule has 2 rings (SSSR count). The second-order valence-corrected chi connectivity index (χ2v) is 4.16. The molecule has 1 aromatic carbocycles. The fourth-order valence-electron chi connectivity index (χ4n) is 2.13. The normalized spacial score (nSPS) is 18.6. The van der Waals surface area contributed by atoms with E-state index in [0.29, 0.717) is 25.7 Å². The highest BCUT2D eigenvalue weighted by Crippen LogP contribution is 2.26. The molecule has 18 heavy (non-hydrogen) atoms. The highest BCUT2D eigenvalue weighted by molar-refractivity contribution is 5.80. The minimum Gasteiger partial charge on any atom is -0.494 e. The van der Waals surface area contributed by atoms with Gasteiger partial charge in [0.05, 0.1) is 19.2 Å². The van der Waals surface area contributed by atoms with Gasteiger partial charge in [0.1, 0.15) is 5.75 Å². The van der Waals surface area contributed by atoms with Crippen LogP contribution in [0.1, 0.15) is 18.5 Å². The molecule has 0 saturated heterocycles. The lowest BCUT2D eigenvalue weighted by molar-refractivity contribution is 0.339. The summed E-state index contributed by atoms with van der Waals surface area (Å²) in [5.74, 6) is 1.48. The average molecular weight is 245 g/mol. The lowest BCUT2D eigenvalue weighted by atomic mass is 10.1. The summed E-state index contributed by atoms with van der Waals surface area (Å²) in [6.45, 7) is 7.83. The minimum absolute atomic E-state index is 0.207. The monoisotopic (exact) mass is 245 g/mol. The number of nitrogens with two attached hydrogens (primary N) is 1. The van der Waals surface area contributed by atoms with E-state index in [9.17, 15) is 0 Å². The van der Waals surface area contributed by atoms with Crippen LogP contribution in [0.4, 0.5) is 0 Å². The second-order valence-electron chi connectivity index (χ2n) is 4.16. The third-order valence-corrected chi connectivity index (χ3v) is 3.00. The predicted octanol–water partition coefficient (Wildman–Crippen LogP) is 1.94. The highest BCUT2D eigenvalue weighted by atomic mass is 16.5. The Kier molecular flexibility index (Phi) is 3.87. The maximum atomic E-state index is 5.87. The number of rotatable bonds is 5. The molecule has 2 N–H and O–H groups in total. The number of hydrogen-bond acceptors (Lipinski definition) is 4. The smallest absolute Gasteiger partial charge is 0.192 e. The van der Waals surface area contributed by atoms with Crippen molar-refractivity contribution in [1.82, 2.24) is 4.90 Å². The minimum atomic E-state index is 0.207. The molecule has 0 amide bonds. The number of aliphatic imine (C=N–C) groups is 1. The number of guanidine groups is 1. The van der Waals surface area contributed by atoms with Crippen LogP contribution in [-0.2, 0) is 0 Å². The van der Waals surface area contributed by atoms with Crippen LogP contribution >= 0.6 is 0 Å². The van der Waals surface area contributed by atoms with Crippen molar-refractivity contribution >= 4 is 5.96 Å². The van der Waals surface area contributed by atoms with E-state index in [2.05, 4.69) is 28.6 Å². The standard InChI is InChI=1S/C14H19N3O/c1-3-9-17-13(10-16-14(17)15)11-5-7-12(8-6-11)18-4-2/h3,5-8,13H,1,4,9-10H2,2H3,(H2,15,16). The molecule has 0 spiro atoms. The highest BCUT2D eigenvalue weighted by Gasteiger charge is 2.26. The van der Waals surface area contributed by atoms with Crippen LogP contribution in [0.3, 0.4) is 0 Å². The van der Waals surface area contributed by atoms with Crippen LogP contribution in [0, 0.1) is 0 Å². The molecule has 1 aliphatic rings. The van der Waals surface area contributed by atoms with Gasteiger partial charge in [-0.25, -0.2) is 0 Å². The molecule has 1 heterocycles. The van der Waals surface area contributed by atoms with Gasteiger partial charge >= 0.3 is 0 Å². The van der Waals surface area contributed by atoms with Gasteiger partial charge in [0.2, 0.25) is 0 Å². The topological polar surface area (TPSA) is 50.8 Å². The summed E-state index contributed by atoms with van der Waals surface area (Å²) in [5.41, 5.74) is 7.07. The molecule has 4 nitrogen and oxygen atoms in total. The third-order valence-electron chi connectivity index (χ3n) is 3.00. The van der Waals surface area contributed by atoms with Gasteiger partial charge < -0.3 is 15.4 Å². The molecule has 1 aliphatic heterocycles. The van der Waals surface area contributed by atoms with Gasteiger partial charge in [-0.15, -0.1) is 6.58 Å². The first-order valence-electron chi connectivity index (χ1n) is 6.16. The largest absolute Gasteiger partial charge is 0.494 e. The summed E-state index contributed by atoms with van der Waals surface area (Å²) in [5, 5.41) is 0. The van der Waals surface area contributed by atoms with Crippen LogP contribution in [0.5, 0.6) is 5.75 Å². The molecule has 0 aliphatic carbocycles. The Morgan fingerprint density at radius 2 is 2.22 bits per heavy atom. The quantitative estimate of drug-likeness (QED) is 0.807. The van der Waals surface area contributed by atoms with Crippen molar-refractivity contribution in [2.75, 3.05) is 19.7 Å². The zero-order chi connectivity index (χ0) is 13.0. The summed E-state index contributed by atoms with van der Waals surface area (Å²) in [6, 6.07) is 8.32. The summed E-state index contributed by atoms with van der Waals surface area (Å²) in [7, 11) is 0. The van der Waals surface area contributed by atoms with E-state index in [-0.39, 0.29) is 6.04 Å². The first-order valence-corrected chi connectivity index (χ1v) is 6.16. The van der Waals surface area contributed by atoms with Crippen LogP contribution in [0.25, 0.3) is 0 Å². The summed E-state index contributed by atoms with van der Waals surface area (Å²) < 4.78 is 5.44. The van der Waals surface area contributed by atoms with Crippen molar-refractivity contribution in [2.24, 2.45) is 10.7 Å². The Hall–Kier alpha value is -1.97. The predicted molar refractivity (Wildman–Crippen MR) is 73.7 cm³/mol. The Morgan fingerprint density at radius 1 is 1.50 bits per heavy atom. The van der Waals surface area contributed by atoms with Crippen LogP contribution in [-0.4, -0.2) is 30.6 Å². The number of benzene rings is 1. The van der Waals surface area contributed by atoms with E-state index >= 15 is 0 Å². The maximum absolute atomic E-state index is 5.87. The van der Waals surface area contributed by atoms with Crippen molar-refractivity contribution in [3.05, 3.63) is 42.5 Å². The number of hydrogen-bond donors (Lipinski definition) is 1. The summed E-state index contributed by atoms with van der Waals surface area (Å²) in [6.07, 6.45) is 1.84. The molecule has 0 aromatic heterocycles. The van der Waals surface area contributed by atoms with E-state index < -0.39 is 0 Å². The summed E-state index contributed by atoms with van der Waals surface area (Å²) in [4.78, 5) is 6.35. The Balaban J connectivity index is 2.13. The summed E-state index contributed by atoms with van der Waals surface area (Å²) >= 11 is 0. The van der Waals surface area contributed by atoms with Gasteiger partial charge in [-0.2, -0.15) is 0 Å². The molecule has 96 valence electrons. The van der Waals surface area contributed by atoms with Gasteiger partial charge in [0.25, 0.3) is 0 Å². The van der Waals surface area contributed by atoms with Gasteiger partial charge in [-0.1, -0.05) is 18.2 Å². The van der Waals surface area contributed by atoms with E-state index in [1.54, 1.807) is 0 Å². The first kappa shape index (κ1) is 12.5. The van der Waals surface area contributed by atoms with E-state index in [1.807, 2.05) is 25.1 Å². The van der Waals surface area contributed by atoms with Crippen molar-refractivity contribution in [2.45, 2.75) is 13.0 Å². The molecule has 1 atom stereocenters. The van der Waals surface area contributed by atoms with Crippen molar-refractivity contribution in [3.8, 4) is 5.75 Å². The fourth-order valence-corrected chi connectivity index (χ4v) is 2.13. The second kappa shape index (κ2) is 5.58. The Labute approximate surface area is 108 Å². The van der Waals surface area contributed by atoms with Crippen molar-refractivity contribution in [1.29, 1.82) is 0 Å². The number of nitrogens with zero attached hydrogens (tertiary/aromatic N) is 2. The zero-order valence-electron chi connectivity index (χ0n) is 10.7. The van der Waals surface area contributed by atoms with E-state index in [4.69, 9.17) is 10.5 Å². The van der Waals surface area contributed by atoms with Gasteiger partial charge in [0, 0.05) is 6.54 Å². The molecule has 4 heteroatoms. The van der Waals surface area contributed by atoms with Gasteiger partial charge in [-0.05, 0) is 24.6 Å². The zero-order valence-corrected chi connectivity index (χ0v) is 10.7. The molecular formula is C14H19N3O. The Bertz CT molecular complexity index is 439. The van der Waals surface area contributed by atoms with Crippen molar-refractivity contribution in [3.63, 3.8) is 0 Å². The van der Waals surface area contributed by atoms with E-state index in [0.717, 1.165) is 5.75 Å². The molecule has 0 bridgehead atoms.